The first-order valence-electron chi connectivity index (χ1n) is 7.69. The van der Waals surface area contributed by atoms with E-state index in [0.717, 1.165) is 4.90 Å². The standard InChI is InChI=1S/C15H23ClN2O6/c1-14(2,3)11(21)15(4)6-18(13(23)17-12(15)22)10-8(16)9(20)7(5-19)24-10/h7-10,19-20H,5-6H2,1-4H3,(H,17,22,23)/t7-,8?,9-,10-,15?/m1/s1. The van der Waals surface area contributed by atoms with Gasteiger partial charge in [0.25, 0.3) is 0 Å². The van der Waals surface area contributed by atoms with Gasteiger partial charge in [-0.05, 0) is 6.92 Å². The molecular formula is C15H23ClN2O6. The highest BCUT2D eigenvalue weighted by atomic mass is 35.5. The third kappa shape index (κ3) is 3.03. The zero-order valence-electron chi connectivity index (χ0n) is 14.1. The maximum Gasteiger partial charge on any atom is 0.326 e. The monoisotopic (exact) mass is 362 g/mol. The molecule has 136 valence electrons. The van der Waals surface area contributed by atoms with Crippen LogP contribution in [0.25, 0.3) is 0 Å². The smallest absolute Gasteiger partial charge is 0.326 e. The number of aliphatic hydroxyl groups excluding tert-OH is 2. The molecule has 0 spiro atoms. The van der Waals surface area contributed by atoms with Gasteiger partial charge < -0.3 is 14.9 Å². The molecule has 9 heteroatoms. The minimum atomic E-state index is -1.46. The zero-order chi connectivity index (χ0) is 18.4. The molecule has 2 fully saturated rings. The fourth-order valence-corrected chi connectivity index (χ4v) is 3.46. The average Bonchev–Trinajstić information content (AvgIpc) is 2.77. The summed E-state index contributed by atoms with van der Waals surface area (Å²) in [7, 11) is 0. The summed E-state index contributed by atoms with van der Waals surface area (Å²) in [5.74, 6) is -1.000. The van der Waals surface area contributed by atoms with Crippen molar-refractivity contribution in [1.29, 1.82) is 0 Å². The third-order valence-electron chi connectivity index (χ3n) is 4.43. The van der Waals surface area contributed by atoms with Crippen LogP contribution < -0.4 is 5.32 Å². The lowest BCUT2D eigenvalue weighted by Crippen LogP contribution is -2.66. The van der Waals surface area contributed by atoms with Crippen LogP contribution >= 0.6 is 11.6 Å². The number of carbonyl (C=O) groups excluding carboxylic acids is 3. The first-order valence-corrected chi connectivity index (χ1v) is 8.12. The Bertz CT molecular complexity index is 563. The van der Waals surface area contributed by atoms with Gasteiger partial charge in [0.1, 0.15) is 23.0 Å². The molecule has 3 N–H and O–H groups in total. The van der Waals surface area contributed by atoms with Crippen LogP contribution in [0, 0.1) is 10.8 Å². The highest BCUT2D eigenvalue weighted by molar-refractivity contribution is 6.22. The highest BCUT2D eigenvalue weighted by Gasteiger charge is 2.55. The van der Waals surface area contributed by atoms with Crippen molar-refractivity contribution in [2.45, 2.75) is 51.5 Å². The van der Waals surface area contributed by atoms with Crippen molar-refractivity contribution in [2.24, 2.45) is 10.8 Å². The summed E-state index contributed by atoms with van der Waals surface area (Å²) in [5, 5.41) is 20.3. The number of imide groups is 1. The maximum absolute atomic E-state index is 12.7. The summed E-state index contributed by atoms with van der Waals surface area (Å²) < 4.78 is 5.45. The molecule has 5 atom stereocenters. The lowest BCUT2D eigenvalue weighted by molar-refractivity contribution is -0.151. The van der Waals surface area contributed by atoms with Crippen molar-refractivity contribution in [2.75, 3.05) is 13.2 Å². The van der Waals surface area contributed by atoms with Gasteiger partial charge in [0.2, 0.25) is 5.91 Å². The third-order valence-corrected chi connectivity index (χ3v) is 4.91. The lowest BCUT2D eigenvalue weighted by Gasteiger charge is -2.43. The summed E-state index contributed by atoms with van der Waals surface area (Å²) in [6, 6.07) is -0.749. The lowest BCUT2D eigenvalue weighted by atomic mass is 9.72. The molecule has 2 aliphatic rings. The molecule has 0 bridgehead atoms. The average molecular weight is 363 g/mol. The summed E-state index contributed by atoms with van der Waals surface area (Å²) in [4.78, 5) is 38.3. The van der Waals surface area contributed by atoms with Crippen LogP contribution in [-0.4, -0.2) is 69.8 Å². The molecular weight excluding hydrogens is 340 g/mol. The van der Waals surface area contributed by atoms with Crippen LogP contribution in [-0.2, 0) is 14.3 Å². The minimum absolute atomic E-state index is 0.216. The number of alkyl halides is 1. The Hall–Kier alpha value is -1.22. The topological polar surface area (TPSA) is 116 Å². The number of hydrogen-bond acceptors (Lipinski definition) is 6. The maximum atomic E-state index is 12.7. The Morgan fingerprint density at radius 3 is 2.50 bits per heavy atom. The van der Waals surface area contributed by atoms with Crippen LogP contribution in [0.2, 0.25) is 0 Å². The predicted octanol–water partition coefficient (Wildman–Crippen LogP) is -0.155. The van der Waals surface area contributed by atoms with Gasteiger partial charge in [-0.15, -0.1) is 11.6 Å². The molecule has 8 nitrogen and oxygen atoms in total. The van der Waals surface area contributed by atoms with Gasteiger partial charge in [-0.25, -0.2) is 4.79 Å². The van der Waals surface area contributed by atoms with Gasteiger partial charge in [0.05, 0.1) is 6.61 Å². The Kier molecular flexibility index (Phi) is 4.98. The van der Waals surface area contributed by atoms with Crippen molar-refractivity contribution < 1.29 is 29.3 Å². The normalized spacial score (nSPS) is 37.5. The van der Waals surface area contributed by atoms with Crippen molar-refractivity contribution >= 4 is 29.3 Å². The molecule has 0 saturated carbocycles. The molecule has 2 aliphatic heterocycles. The molecule has 0 aromatic carbocycles. The fourth-order valence-electron chi connectivity index (χ4n) is 3.10. The van der Waals surface area contributed by atoms with Crippen LogP contribution in [0.4, 0.5) is 4.79 Å². The molecule has 2 heterocycles. The molecule has 24 heavy (non-hydrogen) atoms. The van der Waals surface area contributed by atoms with Crippen LogP contribution in [0.3, 0.4) is 0 Å². The number of carbonyl (C=O) groups is 3. The van der Waals surface area contributed by atoms with Gasteiger partial charge >= 0.3 is 6.03 Å². The minimum Gasteiger partial charge on any atom is -0.394 e. The number of nitrogens with one attached hydrogen (secondary N) is 1. The van der Waals surface area contributed by atoms with E-state index in [1.807, 2.05) is 0 Å². The van der Waals surface area contributed by atoms with E-state index in [4.69, 9.17) is 16.3 Å². The summed E-state index contributed by atoms with van der Waals surface area (Å²) in [5.41, 5.74) is -2.25. The summed E-state index contributed by atoms with van der Waals surface area (Å²) in [6.45, 7) is 5.86. The Morgan fingerprint density at radius 2 is 2.04 bits per heavy atom. The number of hydrogen-bond donors (Lipinski definition) is 3. The first kappa shape index (κ1) is 19.1. The van der Waals surface area contributed by atoms with E-state index in [-0.39, 0.29) is 12.3 Å². The number of ketones is 1. The molecule has 0 radical (unpaired) electrons. The Morgan fingerprint density at radius 1 is 1.46 bits per heavy atom. The second kappa shape index (κ2) is 6.25. The summed E-state index contributed by atoms with van der Waals surface area (Å²) in [6.07, 6.45) is -3.16. The van der Waals surface area contributed by atoms with Gasteiger partial charge in [-0.2, -0.15) is 0 Å². The fraction of sp³-hybridized carbons (Fsp3) is 0.800. The van der Waals surface area contributed by atoms with Crippen molar-refractivity contribution in [1.82, 2.24) is 10.2 Å². The number of aliphatic hydroxyl groups is 2. The highest BCUT2D eigenvalue weighted by Crippen LogP contribution is 2.36. The van der Waals surface area contributed by atoms with E-state index in [2.05, 4.69) is 5.32 Å². The first-order chi connectivity index (χ1) is 10.9. The van der Waals surface area contributed by atoms with E-state index < -0.39 is 53.2 Å². The molecule has 2 saturated heterocycles. The van der Waals surface area contributed by atoms with Crippen molar-refractivity contribution in [3.05, 3.63) is 0 Å². The van der Waals surface area contributed by atoms with Crippen LogP contribution in [0.1, 0.15) is 27.7 Å². The number of ether oxygens (including phenoxy) is 1. The van der Waals surface area contributed by atoms with Gasteiger partial charge in [0, 0.05) is 12.0 Å². The van der Waals surface area contributed by atoms with E-state index >= 15 is 0 Å². The number of nitrogens with zero attached hydrogens (tertiary/aromatic N) is 1. The largest absolute Gasteiger partial charge is 0.394 e. The van der Waals surface area contributed by atoms with Gasteiger partial charge in [-0.3, -0.25) is 19.8 Å². The molecule has 2 unspecified atom stereocenters. The molecule has 0 aromatic heterocycles. The second-order valence-corrected chi connectivity index (χ2v) is 7.99. The van der Waals surface area contributed by atoms with Crippen LogP contribution in [0.15, 0.2) is 0 Å². The van der Waals surface area contributed by atoms with E-state index in [9.17, 15) is 24.6 Å². The Balaban J connectivity index is 2.31. The SMILES string of the molecule is CC(C)(C)C(=O)C1(C)CN([C@@H]2O[C@H](CO)[C@@H](O)C2Cl)C(=O)NC1=O. The Labute approximate surface area is 145 Å². The number of urea groups is 1. The van der Waals surface area contributed by atoms with E-state index in [0.29, 0.717) is 0 Å². The molecule has 0 aromatic rings. The number of Topliss-reactive ketones (excluding diaryl/α,β-unsaturated/α-hetero) is 1. The molecule has 2 rings (SSSR count). The van der Waals surface area contributed by atoms with Gasteiger partial charge in [-0.1, -0.05) is 20.8 Å². The predicted molar refractivity (Wildman–Crippen MR) is 84.2 cm³/mol. The molecule has 0 aliphatic carbocycles. The van der Waals surface area contributed by atoms with Crippen LogP contribution in [0.5, 0.6) is 0 Å². The zero-order valence-corrected chi connectivity index (χ0v) is 14.8. The van der Waals surface area contributed by atoms with Crippen molar-refractivity contribution in [3.63, 3.8) is 0 Å². The second-order valence-electron chi connectivity index (χ2n) is 7.48. The number of rotatable bonds is 3. The van der Waals surface area contributed by atoms with E-state index in [1.54, 1.807) is 20.8 Å². The molecule has 3 amide bonds. The summed E-state index contributed by atoms with van der Waals surface area (Å²) >= 11 is 6.12. The number of halogens is 1. The quantitative estimate of drug-likeness (QED) is 0.475. The van der Waals surface area contributed by atoms with Gasteiger partial charge in [0.15, 0.2) is 12.0 Å². The van der Waals surface area contributed by atoms with E-state index in [1.165, 1.54) is 6.92 Å². The number of amides is 3. The van der Waals surface area contributed by atoms with Crippen molar-refractivity contribution in [3.8, 4) is 0 Å².